The SMILES string of the molecule is COc1ccc(OC)c([C@@H](CC(=O)O)NC(C)=O)c1. The predicted octanol–water partition coefficient (Wildman–Crippen LogP) is 1.36. The van der Waals surface area contributed by atoms with E-state index in [9.17, 15) is 9.59 Å². The molecule has 19 heavy (non-hydrogen) atoms. The Labute approximate surface area is 111 Å². The van der Waals surface area contributed by atoms with E-state index < -0.39 is 12.0 Å². The summed E-state index contributed by atoms with van der Waals surface area (Å²) >= 11 is 0. The van der Waals surface area contributed by atoms with E-state index in [1.807, 2.05) is 0 Å². The molecule has 0 saturated heterocycles. The summed E-state index contributed by atoms with van der Waals surface area (Å²) in [5.41, 5.74) is 0.569. The molecule has 1 rings (SSSR count). The molecule has 2 N–H and O–H groups in total. The molecule has 0 aliphatic carbocycles. The highest BCUT2D eigenvalue weighted by atomic mass is 16.5. The first-order valence-electron chi connectivity index (χ1n) is 5.68. The summed E-state index contributed by atoms with van der Waals surface area (Å²) in [6, 6.07) is 4.36. The molecule has 0 spiro atoms. The first-order valence-corrected chi connectivity index (χ1v) is 5.68. The van der Waals surface area contributed by atoms with E-state index in [0.29, 0.717) is 17.1 Å². The topological polar surface area (TPSA) is 84.9 Å². The molecule has 0 aliphatic heterocycles. The van der Waals surface area contributed by atoms with Gasteiger partial charge in [0.05, 0.1) is 26.7 Å². The highest BCUT2D eigenvalue weighted by Crippen LogP contribution is 2.31. The number of aliphatic carboxylic acids is 1. The molecule has 0 saturated carbocycles. The van der Waals surface area contributed by atoms with E-state index in [1.165, 1.54) is 21.1 Å². The second-order valence-electron chi connectivity index (χ2n) is 3.96. The number of carboxylic acids is 1. The molecular weight excluding hydrogens is 250 g/mol. The molecule has 0 fully saturated rings. The highest BCUT2D eigenvalue weighted by molar-refractivity contribution is 5.75. The second kappa shape index (κ2) is 6.63. The third-order valence-electron chi connectivity index (χ3n) is 2.57. The van der Waals surface area contributed by atoms with Gasteiger partial charge in [0.1, 0.15) is 11.5 Å². The maximum atomic E-state index is 11.2. The summed E-state index contributed by atoms with van der Waals surface area (Å²) < 4.78 is 10.3. The van der Waals surface area contributed by atoms with Crippen LogP contribution in [0.2, 0.25) is 0 Å². The average Bonchev–Trinajstić information content (AvgIpc) is 2.36. The van der Waals surface area contributed by atoms with Crippen LogP contribution in [0.5, 0.6) is 11.5 Å². The van der Waals surface area contributed by atoms with Crippen LogP contribution in [0.1, 0.15) is 24.9 Å². The average molecular weight is 267 g/mol. The van der Waals surface area contributed by atoms with Crippen LogP contribution >= 0.6 is 0 Å². The minimum absolute atomic E-state index is 0.233. The number of hydrogen-bond donors (Lipinski definition) is 2. The van der Waals surface area contributed by atoms with E-state index >= 15 is 0 Å². The van der Waals surface area contributed by atoms with Gasteiger partial charge in [0.25, 0.3) is 0 Å². The normalized spacial score (nSPS) is 11.5. The standard InChI is InChI=1S/C13H17NO5/c1-8(15)14-11(7-13(16)17)10-6-9(18-2)4-5-12(10)19-3/h4-6,11H,7H2,1-3H3,(H,14,15)(H,16,17)/t11-/m1/s1. The van der Waals surface area contributed by atoms with Gasteiger partial charge >= 0.3 is 5.97 Å². The van der Waals surface area contributed by atoms with E-state index in [1.54, 1.807) is 18.2 Å². The molecule has 0 aromatic heterocycles. The number of rotatable bonds is 6. The fourth-order valence-corrected chi connectivity index (χ4v) is 1.77. The number of benzene rings is 1. The number of carbonyl (C=O) groups is 2. The number of carbonyl (C=O) groups excluding carboxylic acids is 1. The van der Waals surface area contributed by atoms with Gasteiger partial charge in [-0.2, -0.15) is 0 Å². The van der Waals surface area contributed by atoms with Gasteiger partial charge in [0.2, 0.25) is 5.91 Å². The van der Waals surface area contributed by atoms with E-state index in [0.717, 1.165) is 0 Å². The lowest BCUT2D eigenvalue weighted by Gasteiger charge is -2.19. The Morgan fingerprint density at radius 3 is 2.47 bits per heavy atom. The number of nitrogens with one attached hydrogen (secondary N) is 1. The van der Waals surface area contributed by atoms with Crippen LogP contribution in [0.25, 0.3) is 0 Å². The summed E-state index contributed by atoms with van der Waals surface area (Å²) in [5, 5.41) is 11.5. The summed E-state index contributed by atoms with van der Waals surface area (Å²) in [6.07, 6.45) is -0.233. The van der Waals surface area contributed by atoms with E-state index in [4.69, 9.17) is 14.6 Å². The lowest BCUT2D eigenvalue weighted by atomic mass is 10.0. The zero-order chi connectivity index (χ0) is 14.4. The fourth-order valence-electron chi connectivity index (χ4n) is 1.77. The van der Waals surface area contributed by atoms with E-state index in [2.05, 4.69) is 5.32 Å². The Morgan fingerprint density at radius 1 is 1.32 bits per heavy atom. The molecule has 6 nitrogen and oxygen atoms in total. The first-order chi connectivity index (χ1) is 8.97. The van der Waals surface area contributed by atoms with Crippen molar-refractivity contribution in [2.75, 3.05) is 14.2 Å². The van der Waals surface area contributed by atoms with Gasteiger partial charge in [-0.25, -0.2) is 0 Å². The molecule has 1 aromatic rings. The maximum absolute atomic E-state index is 11.2. The largest absolute Gasteiger partial charge is 0.497 e. The van der Waals surface area contributed by atoms with Crippen molar-refractivity contribution in [3.63, 3.8) is 0 Å². The predicted molar refractivity (Wildman–Crippen MR) is 68.4 cm³/mol. The van der Waals surface area contributed by atoms with Crippen LogP contribution in [0.4, 0.5) is 0 Å². The second-order valence-corrected chi connectivity index (χ2v) is 3.96. The lowest BCUT2D eigenvalue weighted by Crippen LogP contribution is -2.28. The smallest absolute Gasteiger partial charge is 0.305 e. The van der Waals surface area contributed by atoms with Crippen LogP contribution in [-0.4, -0.2) is 31.2 Å². The number of methoxy groups -OCH3 is 2. The van der Waals surface area contributed by atoms with Gasteiger partial charge in [-0.15, -0.1) is 0 Å². The Balaban J connectivity index is 3.17. The van der Waals surface area contributed by atoms with Gasteiger partial charge in [0, 0.05) is 12.5 Å². The van der Waals surface area contributed by atoms with Crippen molar-refractivity contribution < 1.29 is 24.2 Å². The van der Waals surface area contributed by atoms with Gasteiger partial charge in [-0.3, -0.25) is 9.59 Å². The Kier molecular flexibility index (Phi) is 5.17. The molecule has 0 bridgehead atoms. The van der Waals surface area contributed by atoms with Gasteiger partial charge in [-0.05, 0) is 18.2 Å². The van der Waals surface area contributed by atoms with Crippen LogP contribution in [0.15, 0.2) is 18.2 Å². The molecule has 0 unspecified atom stereocenters. The number of amides is 1. The quantitative estimate of drug-likeness (QED) is 0.812. The monoisotopic (exact) mass is 267 g/mol. The fraction of sp³-hybridized carbons (Fsp3) is 0.385. The van der Waals surface area contributed by atoms with E-state index in [-0.39, 0.29) is 12.3 Å². The van der Waals surface area contributed by atoms with Crippen molar-refractivity contribution >= 4 is 11.9 Å². The van der Waals surface area contributed by atoms with Crippen molar-refractivity contribution in [2.45, 2.75) is 19.4 Å². The third kappa shape index (κ3) is 4.17. The zero-order valence-electron chi connectivity index (χ0n) is 11.1. The summed E-state index contributed by atoms with van der Waals surface area (Å²) in [5.74, 6) is -0.253. The number of carboxylic acid groups (broad SMARTS) is 1. The van der Waals surface area contributed by atoms with Crippen molar-refractivity contribution in [1.82, 2.24) is 5.32 Å². The molecule has 0 heterocycles. The van der Waals surface area contributed by atoms with Gasteiger partial charge in [0.15, 0.2) is 0 Å². The van der Waals surface area contributed by atoms with Gasteiger partial charge in [-0.1, -0.05) is 0 Å². The third-order valence-corrected chi connectivity index (χ3v) is 2.57. The minimum Gasteiger partial charge on any atom is -0.497 e. The molecule has 104 valence electrons. The van der Waals surface area contributed by atoms with Crippen molar-refractivity contribution in [1.29, 1.82) is 0 Å². The Bertz CT molecular complexity index is 456. The molecule has 0 radical (unpaired) electrons. The molecule has 1 atom stereocenters. The Morgan fingerprint density at radius 2 is 2.00 bits per heavy atom. The van der Waals surface area contributed by atoms with Crippen LogP contribution in [0.3, 0.4) is 0 Å². The minimum atomic E-state index is -1.01. The first kappa shape index (κ1) is 14.8. The molecule has 1 amide bonds. The maximum Gasteiger partial charge on any atom is 0.305 e. The van der Waals surface area contributed by atoms with Crippen LogP contribution in [-0.2, 0) is 9.59 Å². The molecular formula is C13H17NO5. The van der Waals surface area contributed by atoms with Crippen molar-refractivity contribution in [3.05, 3.63) is 23.8 Å². The molecule has 6 heteroatoms. The lowest BCUT2D eigenvalue weighted by molar-refractivity contribution is -0.137. The number of hydrogen-bond acceptors (Lipinski definition) is 4. The van der Waals surface area contributed by atoms with Crippen molar-refractivity contribution in [3.8, 4) is 11.5 Å². The summed E-state index contributed by atoms with van der Waals surface area (Å²) in [7, 11) is 2.99. The zero-order valence-corrected chi connectivity index (χ0v) is 11.1. The Hall–Kier alpha value is -2.24. The number of ether oxygens (including phenoxy) is 2. The molecule has 0 aliphatic rings. The van der Waals surface area contributed by atoms with Crippen LogP contribution in [0, 0.1) is 0 Å². The summed E-state index contributed by atoms with van der Waals surface area (Å²) in [6.45, 7) is 1.33. The van der Waals surface area contributed by atoms with Gasteiger partial charge < -0.3 is 19.9 Å². The van der Waals surface area contributed by atoms with Crippen LogP contribution < -0.4 is 14.8 Å². The van der Waals surface area contributed by atoms with Crippen molar-refractivity contribution in [2.24, 2.45) is 0 Å². The highest BCUT2D eigenvalue weighted by Gasteiger charge is 2.21. The molecule has 1 aromatic carbocycles. The summed E-state index contributed by atoms with van der Waals surface area (Å²) in [4.78, 5) is 22.1.